The van der Waals surface area contributed by atoms with Crippen LogP contribution in [0, 0.1) is 13.8 Å². The van der Waals surface area contributed by atoms with E-state index in [2.05, 4.69) is 29.0 Å². The molecule has 0 radical (unpaired) electrons. The molecule has 4 aromatic rings. The first-order valence-corrected chi connectivity index (χ1v) is 12.0. The molecule has 0 saturated heterocycles. The van der Waals surface area contributed by atoms with Crippen LogP contribution in [0.1, 0.15) is 41.0 Å². The van der Waals surface area contributed by atoms with E-state index in [0.717, 1.165) is 38.7 Å². The van der Waals surface area contributed by atoms with E-state index < -0.39 is 5.97 Å². The Morgan fingerprint density at radius 2 is 1.76 bits per heavy atom. The van der Waals surface area contributed by atoms with Crippen molar-refractivity contribution in [1.29, 1.82) is 0 Å². The quantitative estimate of drug-likeness (QED) is 0.317. The molecule has 2 aromatic carbocycles. The van der Waals surface area contributed by atoms with Gasteiger partial charge in [-0.1, -0.05) is 37.3 Å². The fourth-order valence-electron chi connectivity index (χ4n) is 3.78. The second-order valence-corrected chi connectivity index (χ2v) is 9.34. The van der Waals surface area contributed by atoms with E-state index in [4.69, 9.17) is 14.8 Å². The highest BCUT2D eigenvalue weighted by molar-refractivity contribution is 7.15. The van der Waals surface area contributed by atoms with Crippen molar-refractivity contribution in [2.45, 2.75) is 39.5 Å². The molecule has 34 heavy (non-hydrogen) atoms. The van der Waals surface area contributed by atoms with Gasteiger partial charge >= 0.3 is 5.97 Å². The lowest BCUT2D eigenvalue weighted by Gasteiger charge is -2.14. The number of benzene rings is 2. The highest BCUT2D eigenvalue weighted by Gasteiger charge is 2.17. The zero-order valence-electron chi connectivity index (χ0n) is 19.5. The fraction of sp³-hybridized carbons (Fsp3) is 0.259. The molecular formula is C27H27N3O3S. The summed E-state index contributed by atoms with van der Waals surface area (Å²) in [5.41, 5.74) is 5.15. The number of carboxylic acid groups (broad SMARTS) is 1. The molecule has 0 aliphatic rings. The molecular weight excluding hydrogens is 446 g/mol. The van der Waals surface area contributed by atoms with Crippen molar-refractivity contribution >= 4 is 17.3 Å². The molecule has 0 amide bonds. The zero-order chi connectivity index (χ0) is 24.1. The Morgan fingerprint density at radius 3 is 2.44 bits per heavy atom. The van der Waals surface area contributed by atoms with Gasteiger partial charge in [0.15, 0.2) is 5.82 Å². The summed E-state index contributed by atoms with van der Waals surface area (Å²) in [6.45, 7) is 6.72. The molecule has 0 spiro atoms. The van der Waals surface area contributed by atoms with Crippen molar-refractivity contribution < 1.29 is 14.6 Å². The SMILES string of the molecule is Cc1cc(OCC(C)c2sc(-c3ccc(-c4ncccn4)cc3)nc2C)ccc1CCC(=O)O. The van der Waals surface area contributed by atoms with Gasteiger partial charge in [-0.05, 0) is 49.6 Å². The van der Waals surface area contributed by atoms with E-state index in [9.17, 15) is 4.79 Å². The van der Waals surface area contributed by atoms with Gasteiger partial charge in [0.1, 0.15) is 10.8 Å². The van der Waals surface area contributed by atoms with Gasteiger partial charge in [0.05, 0.1) is 12.3 Å². The number of nitrogens with zero attached hydrogens (tertiary/aromatic N) is 3. The highest BCUT2D eigenvalue weighted by atomic mass is 32.1. The van der Waals surface area contributed by atoms with Crippen molar-refractivity contribution in [1.82, 2.24) is 15.0 Å². The minimum Gasteiger partial charge on any atom is -0.493 e. The summed E-state index contributed by atoms with van der Waals surface area (Å²) in [7, 11) is 0. The summed E-state index contributed by atoms with van der Waals surface area (Å²) >= 11 is 1.69. The Morgan fingerprint density at radius 1 is 1.06 bits per heavy atom. The number of aromatic nitrogens is 3. The predicted molar refractivity (Wildman–Crippen MR) is 134 cm³/mol. The number of aryl methyl sites for hydroxylation is 3. The van der Waals surface area contributed by atoms with Crippen LogP contribution in [0.15, 0.2) is 60.9 Å². The first kappa shape index (κ1) is 23.6. The summed E-state index contributed by atoms with van der Waals surface area (Å²) in [6.07, 6.45) is 4.14. The van der Waals surface area contributed by atoms with Crippen LogP contribution in [0.25, 0.3) is 22.0 Å². The van der Waals surface area contributed by atoms with Gasteiger partial charge in [-0.2, -0.15) is 0 Å². The summed E-state index contributed by atoms with van der Waals surface area (Å²) < 4.78 is 6.07. The minimum absolute atomic E-state index is 0.133. The van der Waals surface area contributed by atoms with Crippen LogP contribution < -0.4 is 4.74 Å². The van der Waals surface area contributed by atoms with Gasteiger partial charge in [0.2, 0.25) is 0 Å². The molecule has 7 heteroatoms. The molecule has 1 N–H and O–H groups in total. The third-order valence-electron chi connectivity index (χ3n) is 5.66. The first-order chi connectivity index (χ1) is 16.4. The summed E-state index contributed by atoms with van der Waals surface area (Å²) in [6, 6.07) is 15.8. The lowest BCUT2D eigenvalue weighted by molar-refractivity contribution is -0.136. The summed E-state index contributed by atoms with van der Waals surface area (Å²) in [5, 5.41) is 9.88. The maximum absolute atomic E-state index is 10.8. The molecule has 2 heterocycles. The average Bonchev–Trinajstić information content (AvgIpc) is 3.24. The summed E-state index contributed by atoms with van der Waals surface area (Å²) in [5.74, 6) is 0.912. The standard InChI is InChI=1S/C27H27N3O3S/c1-17-15-23(11-9-20(17)10-12-24(31)32)33-16-18(2)25-19(3)30-27(34-25)22-7-5-21(6-8-22)26-28-13-4-14-29-26/h4-9,11,13-15,18H,10,12,16H2,1-3H3,(H,31,32). The third-order valence-corrected chi connectivity index (χ3v) is 7.10. The van der Waals surface area contributed by atoms with Crippen molar-refractivity contribution in [3.8, 4) is 27.7 Å². The lowest BCUT2D eigenvalue weighted by atomic mass is 10.0. The number of carbonyl (C=O) groups is 1. The van der Waals surface area contributed by atoms with Gasteiger partial charge in [-0.3, -0.25) is 4.79 Å². The maximum Gasteiger partial charge on any atom is 0.303 e. The Hall–Kier alpha value is -3.58. The molecule has 0 aliphatic heterocycles. The van der Waals surface area contributed by atoms with E-state index in [0.29, 0.717) is 18.9 Å². The van der Waals surface area contributed by atoms with Crippen LogP contribution in [-0.4, -0.2) is 32.6 Å². The van der Waals surface area contributed by atoms with E-state index in [1.165, 1.54) is 4.88 Å². The lowest BCUT2D eigenvalue weighted by Crippen LogP contribution is -2.07. The van der Waals surface area contributed by atoms with Crippen LogP contribution in [0.2, 0.25) is 0 Å². The van der Waals surface area contributed by atoms with Crippen molar-refractivity contribution in [2.24, 2.45) is 0 Å². The zero-order valence-corrected chi connectivity index (χ0v) is 20.3. The molecule has 0 saturated carbocycles. The highest BCUT2D eigenvalue weighted by Crippen LogP contribution is 2.34. The topological polar surface area (TPSA) is 85.2 Å². The normalized spacial score (nSPS) is 11.9. The van der Waals surface area contributed by atoms with Crippen LogP contribution in [0.5, 0.6) is 5.75 Å². The van der Waals surface area contributed by atoms with Crippen molar-refractivity contribution in [3.05, 3.63) is 82.6 Å². The Kier molecular flexibility index (Phi) is 7.33. The molecule has 2 aromatic heterocycles. The number of rotatable bonds is 9. The van der Waals surface area contributed by atoms with Gasteiger partial charge in [0.25, 0.3) is 0 Å². The number of ether oxygens (including phenoxy) is 1. The van der Waals surface area contributed by atoms with Crippen LogP contribution in [0.4, 0.5) is 0 Å². The number of hydrogen-bond donors (Lipinski definition) is 1. The van der Waals surface area contributed by atoms with Crippen LogP contribution >= 0.6 is 11.3 Å². The van der Waals surface area contributed by atoms with Crippen LogP contribution in [-0.2, 0) is 11.2 Å². The molecule has 6 nitrogen and oxygen atoms in total. The second-order valence-electron chi connectivity index (χ2n) is 8.31. The largest absolute Gasteiger partial charge is 0.493 e. The number of hydrogen-bond acceptors (Lipinski definition) is 6. The predicted octanol–water partition coefficient (Wildman–Crippen LogP) is 6.08. The van der Waals surface area contributed by atoms with E-state index in [1.54, 1.807) is 29.8 Å². The molecule has 1 atom stereocenters. The third kappa shape index (κ3) is 5.66. The van der Waals surface area contributed by atoms with Crippen molar-refractivity contribution in [3.63, 3.8) is 0 Å². The molecule has 0 aliphatic carbocycles. The molecule has 0 fully saturated rings. The molecule has 4 rings (SSSR count). The summed E-state index contributed by atoms with van der Waals surface area (Å²) in [4.78, 5) is 25.4. The molecule has 174 valence electrons. The van der Waals surface area contributed by atoms with Crippen molar-refractivity contribution in [2.75, 3.05) is 6.61 Å². The number of thiazole rings is 1. The Balaban J connectivity index is 1.41. The van der Waals surface area contributed by atoms with Gasteiger partial charge < -0.3 is 9.84 Å². The monoisotopic (exact) mass is 473 g/mol. The fourth-order valence-corrected chi connectivity index (χ4v) is 4.88. The number of carboxylic acids is 1. The van der Waals surface area contributed by atoms with E-state index in [-0.39, 0.29) is 12.3 Å². The van der Waals surface area contributed by atoms with Gasteiger partial charge in [-0.15, -0.1) is 11.3 Å². The van der Waals surface area contributed by atoms with E-state index >= 15 is 0 Å². The first-order valence-electron chi connectivity index (χ1n) is 11.2. The molecule has 0 bridgehead atoms. The smallest absolute Gasteiger partial charge is 0.303 e. The maximum atomic E-state index is 10.8. The Bertz CT molecular complexity index is 1270. The molecule has 1 unspecified atom stereocenters. The second kappa shape index (κ2) is 10.6. The van der Waals surface area contributed by atoms with Crippen LogP contribution in [0.3, 0.4) is 0 Å². The van der Waals surface area contributed by atoms with Gasteiger partial charge in [0, 0.05) is 40.7 Å². The minimum atomic E-state index is -0.783. The van der Waals surface area contributed by atoms with Gasteiger partial charge in [-0.25, -0.2) is 15.0 Å². The van der Waals surface area contributed by atoms with E-state index in [1.807, 2.05) is 44.2 Å². The Labute approximate surface area is 203 Å². The number of aliphatic carboxylic acids is 1. The average molecular weight is 474 g/mol.